The van der Waals surface area contributed by atoms with E-state index in [0.717, 1.165) is 16.9 Å². The number of hydrazone groups is 1. The van der Waals surface area contributed by atoms with Gasteiger partial charge in [-0.2, -0.15) is 14.6 Å². The van der Waals surface area contributed by atoms with Gasteiger partial charge in [-0.25, -0.2) is 5.43 Å². The van der Waals surface area contributed by atoms with Gasteiger partial charge in [0.15, 0.2) is 16.6 Å². The van der Waals surface area contributed by atoms with Crippen LogP contribution in [0.4, 0.5) is 4.39 Å². The van der Waals surface area contributed by atoms with E-state index < -0.39 is 5.91 Å². The Morgan fingerprint density at radius 2 is 2.16 bits per heavy atom. The summed E-state index contributed by atoms with van der Waals surface area (Å²) in [5.41, 5.74) is 3.99. The predicted octanol–water partition coefficient (Wildman–Crippen LogP) is 2.77. The molecule has 126 valence electrons. The van der Waals surface area contributed by atoms with Crippen molar-refractivity contribution in [1.82, 2.24) is 15.6 Å². The zero-order valence-corrected chi connectivity index (χ0v) is 13.5. The normalized spacial score (nSPS) is 12.7. The van der Waals surface area contributed by atoms with Gasteiger partial charge in [-0.05, 0) is 36.4 Å². The minimum absolute atomic E-state index is 0.194. The maximum atomic E-state index is 12.9. The van der Waals surface area contributed by atoms with E-state index in [0.29, 0.717) is 22.1 Å². The van der Waals surface area contributed by atoms with Crippen LogP contribution in [0.3, 0.4) is 0 Å². The van der Waals surface area contributed by atoms with E-state index in [1.165, 1.54) is 12.3 Å². The van der Waals surface area contributed by atoms with Gasteiger partial charge in [-0.15, -0.1) is 11.3 Å². The first-order valence-corrected chi connectivity index (χ1v) is 8.05. The van der Waals surface area contributed by atoms with Crippen molar-refractivity contribution in [3.05, 3.63) is 52.1 Å². The smallest absolute Gasteiger partial charge is 0.289 e. The average molecular weight is 358 g/mol. The third kappa shape index (κ3) is 3.22. The quantitative estimate of drug-likeness (QED) is 0.554. The third-order valence-corrected chi connectivity index (χ3v) is 4.25. The van der Waals surface area contributed by atoms with Gasteiger partial charge in [0.1, 0.15) is 5.69 Å². The lowest BCUT2D eigenvalue weighted by molar-refractivity contribution is 0.0950. The number of benzene rings is 1. The van der Waals surface area contributed by atoms with Gasteiger partial charge in [0.05, 0.1) is 16.8 Å². The van der Waals surface area contributed by atoms with Crippen molar-refractivity contribution in [2.24, 2.45) is 5.10 Å². The van der Waals surface area contributed by atoms with E-state index >= 15 is 0 Å². The molecular weight excluding hydrogens is 347 g/mol. The minimum atomic E-state index is -0.451. The Labute approximate surface area is 145 Å². The number of aromatic nitrogens is 2. The van der Waals surface area contributed by atoms with Crippen molar-refractivity contribution in [2.75, 3.05) is 6.79 Å². The predicted molar refractivity (Wildman–Crippen MR) is 89.5 cm³/mol. The molecule has 0 atom stereocenters. The van der Waals surface area contributed by atoms with Crippen LogP contribution < -0.4 is 14.9 Å². The number of nitrogens with zero attached hydrogens (tertiary/aromatic N) is 2. The molecule has 0 bridgehead atoms. The van der Waals surface area contributed by atoms with E-state index in [-0.39, 0.29) is 17.6 Å². The molecule has 0 saturated carbocycles. The molecule has 0 fully saturated rings. The highest BCUT2D eigenvalue weighted by Crippen LogP contribution is 2.35. The average Bonchev–Trinajstić information content (AvgIpc) is 3.34. The van der Waals surface area contributed by atoms with Gasteiger partial charge >= 0.3 is 0 Å². The molecule has 9 heteroatoms. The molecule has 4 rings (SSSR count). The lowest BCUT2D eigenvalue weighted by atomic mass is 10.1. The fourth-order valence-electron chi connectivity index (χ4n) is 2.25. The number of thiophene rings is 1. The van der Waals surface area contributed by atoms with Crippen LogP contribution in [0.15, 0.2) is 41.5 Å². The molecule has 0 unspecified atom stereocenters. The van der Waals surface area contributed by atoms with Crippen LogP contribution in [-0.2, 0) is 0 Å². The Morgan fingerprint density at radius 3 is 3.00 bits per heavy atom. The number of carbonyl (C=O) groups is 1. The van der Waals surface area contributed by atoms with Crippen LogP contribution in [-0.4, -0.2) is 29.1 Å². The Balaban J connectivity index is 1.45. The van der Waals surface area contributed by atoms with Crippen molar-refractivity contribution in [3.8, 4) is 22.8 Å². The van der Waals surface area contributed by atoms with Crippen molar-refractivity contribution in [1.29, 1.82) is 0 Å². The number of aromatic amines is 1. The summed E-state index contributed by atoms with van der Waals surface area (Å²) in [5, 5.41) is 10.3. The summed E-state index contributed by atoms with van der Waals surface area (Å²) in [6.45, 7) is 0.194. The summed E-state index contributed by atoms with van der Waals surface area (Å²) < 4.78 is 23.5. The number of hydrogen-bond donors (Lipinski definition) is 2. The molecule has 0 spiro atoms. The van der Waals surface area contributed by atoms with E-state index in [1.807, 2.05) is 6.07 Å². The molecule has 1 aromatic carbocycles. The molecule has 0 saturated heterocycles. The Kier molecular flexibility index (Phi) is 3.90. The van der Waals surface area contributed by atoms with Gasteiger partial charge in [0.25, 0.3) is 5.91 Å². The Morgan fingerprint density at radius 1 is 1.28 bits per heavy atom. The largest absolute Gasteiger partial charge is 0.454 e. The van der Waals surface area contributed by atoms with Crippen molar-refractivity contribution in [3.63, 3.8) is 0 Å². The number of amides is 1. The van der Waals surface area contributed by atoms with Crippen molar-refractivity contribution >= 4 is 23.5 Å². The van der Waals surface area contributed by atoms with Crippen molar-refractivity contribution < 1.29 is 18.7 Å². The second kappa shape index (κ2) is 6.36. The van der Waals surface area contributed by atoms with Gasteiger partial charge in [0.2, 0.25) is 6.79 Å². The molecule has 25 heavy (non-hydrogen) atoms. The summed E-state index contributed by atoms with van der Waals surface area (Å²) in [6.07, 6.45) is 1.38. The topological polar surface area (TPSA) is 88.6 Å². The Bertz CT molecular complexity index is 966. The fourth-order valence-corrected chi connectivity index (χ4v) is 2.86. The summed E-state index contributed by atoms with van der Waals surface area (Å²) in [4.78, 5) is 12.7. The SMILES string of the molecule is O=C(N/N=C/c1ccc(F)s1)c1cc(-c2ccc3c(c2)OCO3)n[nH]1. The number of fused-ring (bicyclic) bond motifs is 1. The number of rotatable bonds is 4. The summed E-state index contributed by atoms with van der Waals surface area (Å²) in [6, 6.07) is 9.92. The minimum Gasteiger partial charge on any atom is -0.454 e. The summed E-state index contributed by atoms with van der Waals surface area (Å²) in [5.74, 6) is 0.864. The second-order valence-electron chi connectivity index (χ2n) is 5.08. The molecule has 2 aromatic heterocycles. The van der Waals surface area contributed by atoms with E-state index in [4.69, 9.17) is 9.47 Å². The maximum Gasteiger partial charge on any atom is 0.289 e. The number of halogens is 1. The zero-order chi connectivity index (χ0) is 17.2. The van der Waals surface area contributed by atoms with E-state index in [9.17, 15) is 9.18 Å². The van der Waals surface area contributed by atoms with Gasteiger partial charge in [-0.3, -0.25) is 9.89 Å². The molecule has 3 heterocycles. The molecule has 1 amide bonds. The highest BCUT2D eigenvalue weighted by molar-refractivity contribution is 7.12. The number of H-pyrrole nitrogens is 1. The lowest BCUT2D eigenvalue weighted by Crippen LogP contribution is -2.17. The number of carbonyl (C=O) groups excluding carboxylic acids is 1. The lowest BCUT2D eigenvalue weighted by Gasteiger charge is -1.98. The first-order valence-electron chi connectivity index (χ1n) is 7.23. The molecule has 1 aliphatic heterocycles. The molecular formula is C16H11FN4O3S. The van der Waals surface area contributed by atoms with Crippen LogP contribution in [0.1, 0.15) is 15.4 Å². The van der Waals surface area contributed by atoms with E-state index in [2.05, 4.69) is 20.7 Å². The summed E-state index contributed by atoms with van der Waals surface area (Å²) in [7, 11) is 0. The number of ether oxygens (including phenoxy) is 2. The standard InChI is InChI=1S/C16H11FN4O3S/c17-15-4-2-10(25-15)7-18-21-16(22)12-6-11(19-20-12)9-1-3-13-14(5-9)24-8-23-13/h1-7H,8H2,(H,19,20)(H,21,22)/b18-7+. The number of nitrogens with one attached hydrogen (secondary N) is 2. The fraction of sp³-hybridized carbons (Fsp3) is 0.0625. The second-order valence-corrected chi connectivity index (χ2v) is 6.14. The van der Waals surface area contributed by atoms with Crippen molar-refractivity contribution in [2.45, 2.75) is 0 Å². The zero-order valence-electron chi connectivity index (χ0n) is 12.7. The van der Waals surface area contributed by atoms with Crippen LogP contribution >= 0.6 is 11.3 Å². The molecule has 0 aliphatic carbocycles. The van der Waals surface area contributed by atoms with Crippen LogP contribution in [0, 0.1) is 5.13 Å². The maximum absolute atomic E-state index is 12.9. The van der Waals surface area contributed by atoms with Gasteiger partial charge in [0, 0.05) is 5.56 Å². The molecule has 2 N–H and O–H groups in total. The van der Waals surface area contributed by atoms with Gasteiger partial charge in [-0.1, -0.05) is 0 Å². The first-order chi connectivity index (χ1) is 12.2. The molecule has 3 aromatic rings. The number of hydrogen-bond acceptors (Lipinski definition) is 6. The third-order valence-electron chi connectivity index (χ3n) is 3.44. The molecule has 7 nitrogen and oxygen atoms in total. The first kappa shape index (κ1) is 15.3. The molecule has 1 aliphatic rings. The highest BCUT2D eigenvalue weighted by Gasteiger charge is 2.16. The highest BCUT2D eigenvalue weighted by atomic mass is 32.1. The summed E-state index contributed by atoms with van der Waals surface area (Å²) >= 11 is 0.937. The monoisotopic (exact) mass is 358 g/mol. The molecule has 0 radical (unpaired) electrons. The van der Waals surface area contributed by atoms with Gasteiger partial charge < -0.3 is 9.47 Å². The van der Waals surface area contributed by atoms with Crippen LogP contribution in [0.25, 0.3) is 11.3 Å². The van der Waals surface area contributed by atoms with Crippen LogP contribution in [0.5, 0.6) is 11.5 Å². The van der Waals surface area contributed by atoms with Crippen LogP contribution in [0.2, 0.25) is 0 Å². The Hall–Kier alpha value is -3.20. The van der Waals surface area contributed by atoms with E-state index in [1.54, 1.807) is 24.3 Å².